The fourth-order valence-corrected chi connectivity index (χ4v) is 1.75. The lowest BCUT2D eigenvalue weighted by Crippen LogP contribution is -1.98. The highest BCUT2D eigenvalue weighted by Gasteiger charge is 2.05. The van der Waals surface area contributed by atoms with Gasteiger partial charge in [-0.25, -0.2) is 4.39 Å². The molecule has 2 nitrogen and oxygen atoms in total. The average Bonchev–Trinajstić information content (AvgIpc) is 2.32. The predicted octanol–water partition coefficient (Wildman–Crippen LogP) is 4.29. The van der Waals surface area contributed by atoms with Crippen molar-refractivity contribution < 1.29 is 9.13 Å². The first-order valence-corrected chi connectivity index (χ1v) is 5.93. The number of nitrogen functional groups attached to an aromatic ring is 1. The predicted molar refractivity (Wildman–Crippen MR) is 71.6 cm³/mol. The van der Waals surface area contributed by atoms with Gasteiger partial charge in [-0.1, -0.05) is 29.3 Å². The molecule has 2 rings (SSSR count). The first-order chi connectivity index (χ1) is 8.56. The Morgan fingerprint density at radius 3 is 2.50 bits per heavy atom. The number of hydrogen-bond donors (Lipinski definition) is 1. The van der Waals surface area contributed by atoms with Crippen molar-refractivity contribution in [2.24, 2.45) is 0 Å². The zero-order valence-electron chi connectivity index (χ0n) is 9.29. The Balaban J connectivity index is 2.09. The molecule has 0 heterocycles. The molecule has 0 bridgehead atoms. The van der Waals surface area contributed by atoms with Gasteiger partial charge in [0, 0.05) is 11.8 Å². The normalized spacial score (nSPS) is 10.4. The third kappa shape index (κ3) is 3.06. The maximum absolute atomic E-state index is 13.4. The summed E-state index contributed by atoms with van der Waals surface area (Å²) in [7, 11) is 0. The summed E-state index contributed by atoms with van der Waals surface area (Å²) in [6.07, 6.45) is 0. The van der Waals surface area contributed by atoms with Gasteiger partial charge in [0.2, 0.25) is 0 Å². The number of hydrogen-bond acceptors (Lipinski definition) is 2. The van der Waals surface area contributed by atoms with Crippen molar-refractivity contribution in [3.63, 3.8) is 0 Å². The van der Waals surface area contributed by atoms with Gasteiger partial charge in [0.15, 0.2) is 11.6 Å². The van der Waals surface area contributed by atoms with Crippen LogP contribution in [0.5, 0.6) is 5.75 Å². The molecule has 0 atom stereocenters. The molecule has 0 amide bonds. The Bertz CT molecular complexity index is 575. The van der Waals surface area contributed by atoms with Crippen LogP contribution in [-0.2, 0) is 6.61 Å². The first kappa shape index (κ1) is 13.0. The summed E-state index contributed by atoms with van der Waals surface area (Å²) in [6.45, 7) is 0.206. The van der Waals surface area contributed by atoms with Gasteiger partial charge in [-0.3, -0.25) is 0 Å². The largest absolute Gasteiger partial charge is 0.486 e. The Hall–Kier alpha value is -1.45. The Morgan fingerprint density at radius 2 is 1.83 bits per heavy atom. The van der Waals surface area contributed by atoms with Gasteiger partial charge in [-0.05, 0) is 29.8 Å². The standard InChI is InChI=1S/C13H10Cl2FNO/c14-10-3-1-8(5-11(10)15)7-18-13-4-2-9(17)6-12(13)16/h1-6H,7,17H2. The molecule has 0 fully saturated rings. The van der Waals surface area contributed by atoms with Crippen LogP contribution in [0.3, 0.4) is 0 Å². The van der Waals surface area contributed by atoms with E-state index >= 15 is 0 Å². The molecule has 5 heteroatoms. The van der Waals surface area contributed by atoms with Crippen molar-refractivity contribution in [2.45, 2.75) is 6.61 Å². The zero-order valence-corrected chi connectivity index (χ0v) is 10.8. The van der Waals surface area contributed by atoms with Crippen molar-refractivity contribution in [3.8, 4) is 5.75 Å². The van der Waals surface area contributed by atoms with Crippen molar-refractivity contribution in [1.29, 1.82) is 0 Å². The first-order valence-electron chi connectivity index (χ1n) is 5.18. The van der Waals surface area contributed by atoms with Crippen LogP contribution in [0, 0.1) is 5.82 Å². The van der Waals surface area contributed by atoms with Crippen LogP contribution >= 0.6 is 23.2 Å². The topological polar surface area (TPSA) is 35.2 Å². The van der Waals surface area contributed by atoms with E-state index in [0.29, 0.717) is 15.7 Å². The van der Waals surface area contributed by atoms with E-state index in [1.165, 1.54) is 12.1 Å². The quantitative estimate of drug-likeness (QED) is 0.854. The summed E-state index contributed by atoms with van der Waals surface area (Å²) in [5.41, 5.74) is 6.61. The Morgan fingerprint density at radius 1 is 1.06 bits per heavy atom. The highest BCUT2D eigenvalue weighted by molar-refractivity contribution is 6.42. The van der Waals surface area contributed by atoms with Crippen LogP contribution in [0.4, 0.5) is 10.1 Å². The fourth-order valence-electron chi connectivity index (χ4n) is 1.42. The second-order valence-electron chi connectivity index (χ2n) is 3.73. The Kier molecular flexibility index (Phi) is 3.94. The molecule has 94 valence electrons. The molecule has 0 aliphatic rings. The average molecular weight is 286 g/mol. The molecule has 2 aromatic rings. The molecule has 0 aliphatic heterocycles. The van der Waals surface area contributed by atoms with Gasteiger partial charge in [0.25, 0.3) is 0 Å². The van der Waals surface area contributed by atoms with E-state index in [-0.39, 0.29) is 12.4 Å². The number of halogens is 3. The van der Waals surface area contributed by atoms with E-state index in [1.807, 2.05) is 0 Å². The van der Waals surface area contributed by atoms with Gasteiger partial charge in [0.05, 0.1) is 10.0 Å². The lowest BCUT2D eigenvalue weighted by Gasteiger charge is -2.08. The molecule has 0 aliphatic carbocycles. The highest BCUT2D eigenvalue weighted by Crippen LogP contribution is 2.24. The van der Waals surface area contributed by atoms with Crippen LogP contribution < -0.4 is 10.5 Å². The molecule has 0 unspecified atom stereocenters. The second-order valence-corrected chi connectivity index (χ2v) is 4.54. The smallest absolute Gasteiger partial charge is 0.167 e. The van der Waals surface area contributed by atoms with Crippen LogP contribution in [-0.4, -0.2) is 0 Å². The molecule has 0 spiro atoms. The second kappa shape index (κ2) is 5.46. The van der Waals surface area contributed by atoms with Crippen molar-refractivity contribution in [1.82, 2.24) is 0 Å². The van der Waals surface area contributed by atoms with E-state index in [1.54, 1.807) is 24.3 Å². The zero-order chi connectivity index (χ0) is 13.1. The van der Waals surface area contributed by atoms with E-state index in [9.17, 15) is 4.39 Å². The summed E-state index contributed by atoms with van der Waals surface area (Å²) in [4.78, 5) is 0. The van der Waals surface area contributed by atoms with E-state index in [2.05, 4.69) is 0 Å². The van der Waals surface area contributed by atoms with Gasteiger partial charge in [0.1, 0.15) is 6.61 Å². The van der Waals surface area contributed by atoms with Gasteiger partial charge in [-0.15, -0.1) is 0 Å². The molecule has 18 heavy (non-hydrogen) atoms. The van der Waals surface area contributed by atoms with Gasteiger partial charge >= 0.3 is 0 Å². The molecule has 0 saturated carbocycles. The summed E-state index contributed by atoms with van der Waals surface area (Å²) >= 11 is 11.7. The fraction of sp³-hybridized carbons (Fsp3) is 0.0769. The van der Waals surface area contributed by atoms with E-state index in [4.69, 9.17) is 33.7 Å². The molecule has 0 saturated heterocycles. The minimum atomic E-state index is -0.491. The SMILES string of the molecule is Nc1ccc(OCc2ccc(Cl)c(Cl)c2)c(F)c1. The number of ether oxygens (including phenoxy) is 1. The molecular formula is C13H10Cl2FNO. The molecular weight excluding hydrogens is 276 g/mol. The molecule has 2 N–H and O–H groups in total. The molecule has 0 radical (unpaired) electrons. The maximum Gasteiger partial charge on any atom is 0.167 e. The Labute approximate surface area is 114 Å². The third-order valence-electron chi connectivity index (χ3n) is 2.33. The van der Waals surface area contributed by atoms with Crippen molar-refractivity contribution in [2.75, 3.05) is 5.73 Å². The minimum absolute atomic E-state index is 0.148. The van der Waals surface area contributed by atoms with Crippen LogP contribution in [0.25, 0.3) is 0 Å². The van der Waals surface area contributed by atoms with Gasteiger partial charge in [-0.2, -0.15) is 0 Å². The molecule has 2 aromatic carbocycles. The highest BCUT2D eigenvalue weighted by atomic mass is 35.5. The van der Waals surface area contributed by atoms with E-state index < -0.39 is 5.82 Å². The summed E-state index contributed by atoms with van der Waals surface area (Å²) in [5.74, 6) is -0.342. The maximum atomic E-state index is 13.4. The van der Waals surface area contributed by atoms with E-state index in [0.717, 1.165) is 5.56 Å². The number of rotatable bonds is 3. The number of nitrogens with two attached hydrogens (primary N) is 1. The molecule has 0 aromatic heterocycles. The number of benzene rings is 2. The summed E-state index contributed by atoms with van der Waals surface area (Å²) < 4.78 is 18.8. The van der Waals surface area contributed by atoms with Gasteiger partial charge < -0.3 is 10.5 Å². The lowest BCUT2D eigenvalue weighted by atomic mass is 10.2. The summed E-state index contributed by atoms with van der Waals surface area (Å²) in [5, 5.41) is 0.912. The van der Waals surface area contributed by atoms with Crippen LogP contribution in [0.2, 0.25) is 10.0 Å². The number of anilines is 1. The lowest BCUT2D eigenvalue weighted by molar-refractivity contribution is 0.290. The van der Waals surface area contributed by atoms with Crippen molar-refractivity contribution in [3.05, 3.63) is 57.8 Å². The van der Waals surface area contributed by atoms with Crippen LogP contribution in [0.1, 0.15) is 5.56 Å². The van der Waals surface area contributed by atoms with Crippen LogP contribution in [0.15, 0.2) is 36.4 Å². The minimum Gasteiger partial charge on any atom is -0.486 e. The third-order valence-corrected chi connectivity index (χ3v) is 3.07. The van der Waals surface area contributed by atoms with Crippen molar-refractivity contribution >= 4 is 28.9 Å². The summed E-state index contributed by atoms with van der Waals surface area (Å²) in [6, 6.07) is 9.39. The monoisotopic (exact) mass is 285 g/mol.